The zero-order chi connectivity index (χ0) is 9.10. The Morgan fingerprint density at radius 3 is 3.00 bits per heavy atom. The van der Waals surface area contributed by atoms with Crippen LogP contribution in [0.1, 0.15) is 19.3 Å². The van der Waals surface area contributed by atoms with Crippen LogP contribution in [0.15, 0.2) is 0 Å². The summed E-state index contributed by atoms with van der Waals surface area (Å²) in [7, 11) is 0. The maximum atomic E-state index is 9.12. The number of likely N-dealkylation sites (tertiary alicyclic amines) is 1. The number of rotatable bonds is 2. The quantitative estimate of drug-likeness (QED) is 0.726. The summed E-state index contributed by atoms with van der Waals surface area (Å²) < 4.78 is 0. The van der Waals surface area contributed by atoms with Crippen molar-refractivity contribution < 1.29 is 5.11 Å². The van der Waals surface area contributed by atoms with Crippen LogP contribution in [-0.4, -0.2) is 47.3 Å². The van der Waals surface area contributed by atoms with Crippen molar-refractivity contribution in [3.05, 3.63) is 0 Å². The summed E-state index contributed by atoms with van der Waals surface area (Å²) in [5, 5.41) is 9.12. The molecule has 0 unspecified atom stereocenters. The summed E-state index contributed by atoms with van der Waals surface area (Å²) >= 11 is 2.08. The zero-order valence-electron chi connectivity index (χ0n) is 8.11. The molecule has 2 rings (SSSR count). The van der Waals surface area contributed by atoms with E-state index in [1.54, 1.807) is 0 Å². The predicted molar refractivity (Wildman–Crippen MR) is 57.1 cm³/mol. The van der Waals surface area contributed by atoms with Crippen LogP contribution in [0.4, 0.5) is 0 Å². The molecule has 1 N–H and O–H groups in total. The molecule has 0 aromatic rings. The van der Waals surface area contributed by atoms with Gasteiger partial charge < -0.3 is 5.11 Å². The van der Waals surface area contributed by atoms with Gasteiger partial charge in [-0.2, -0.15) is 11.8 Å². The van der Waals surface area contributed by atoms with Gasteiger partial charge in [0.25, 0.3) is 0 Å². The number of hydrogen-bond acceptors (Lipinski definition) is 3. The van der Waals surface area contributed by atoms with Gasteiger partial charge in [-0.1, -0.05) is 0 Å². The van der Waals surface area contributed by atoms with Crippen molar-refractivity contribution in [2.75, 3.05) is 31.2 Å². The molecule has 2 atom stereocenters. The third-order valence-electron chi connectivity index (χ3n) is 3.23. The van der Waals surface area contributed by atoms with Gasteiger partial charge in [-0.05, 0) is 37.5 Å². The smallest absolute Gasteiger partial charge is 0.0471 e. The molecule has 0 saturated carbocycles. The van der Waals surface area contributed by atoms with Crippen molar-refractivity contribution in [3.8, 4) is 0 Å². The maximum Gasteiger partial charge on any atom is 0.0471 e. The van der Waals surface area contributed by atoms with E-state index in [1.807, 2.05) is 0 Å². The molecule has 2 fully saturated rings. The molecule has 2 aliphatic heterocycles. The fraction of sp³-hybridized carbons (Fsp3) is 1.00. The first-order chi connectivity index (χ1) is 6.40. The third-order valence-corrected chi connectivity index (χ3v) is 4.38. The molecule has 76 valence electrons. The lowest BCUT2D eigenvalue weighted by atomic mass is 9.97. The molecule has 2 heterocycles. The van der Waals surface area contributed by atoms with Gasteiger partial charge in [0, 0.05) is 24.9 Å². The molecule has 2 nitrogen and oxygen atoms in total. The van der Waals surface area contributed by atoms with E-state index in [9.17, 15) is 0 Å². The van der Waals surface area contributed by atoms with Crippen molar-refractivity contribution >= 4 is 11.8 Å². The second-order valence-corrected chi connectivity index (χ2v) is 5.35. The van der Waals surface area contributed by atoms with Gasteiger partial charge >= 0.3 is 0 Å². The lowest BCUT2D eigenvalue weighted by Crippen LogP contribution is -2.43. The molecule has 2 aliphatic rings. The highest BCUT2D eigenvalue weighted by Gasteiger charge is 2.27. The van der Waals surface area contributed by atoms with E-state index in [4.69, 9.17) is 5.11 Å². The van der Waals surface area contributed by atoms with Crippen LogP contribution >= 0.6 is 11.8 Å². The summed E-state index contributed by atoms with van der Waals surface area (Å²) in [6.45, 7) is 2.79. The molecule has 2 saturated heterocycles. The topological polar surface area (TPSA) is 23.5 Å². The minimum atomic E-state index is 0.385. The SMILES string of the molecule is OC[C@@H]1CCCN([C@@H]2CCSC2)C1. The van der Waals surface area contributed by atoms with Crippen LogP contribution in [-0.2, 0) is 0 Å². The summed E-state index contributed by atoms with van der Waals surface area (Å²) in [6, 6.07) is 0.819. The van der Waals surface area contributed by atoms with Crippen molar-refractivity contribution in [1.29, 1.82) is 0 Å². The number of hydrogen-bond donors (Lipinski definition) is 1. The van der Waals surface area contributed by atoms with Crippen LogP contribution in [0.5, 0.6) is 0 Å². The third kappa shape index (κ3) is 2.39. The van der Waals surface area contributed by atoms with Gasteiger partial charge in [0.05, 0.1) is 0 Å². The molecule has 13 heavy (non-hydrogen) atoms. The van der Waals surface area contributed by atoms with Gasteiger partial charge in [0.1, 0.15) is 0 Å². The van der Waals surface area contributed by atoms with Crippen molar-refractivity contribution in [2.24, 2.45) is 5.92 Å². The number of piperidine rings is 1. The van der Waals surface area contributed by atoms with Crippen molar-refractivity contribution in [2.45, 2.75) is 25.3 Å². The monoisotopic (exact) mass is 201 g/mol. The van der Waals surface area contributed by atoms with Gasteiger partial charge in [-0.3, -0.25) is 4.90 Å². The first kappa shape index (κ1) is 9.81. The first-order valence-electron chi connectivity index (χ1n) is 5.33. The van der Waals surface area contributed by atoms with Gasteiger partial charge in [0.2, 0.25) is 0 Å². The van der Waals surface area contributed by atoms with Crippen molar-refractivity contribution in [3.63, 3.8) is 0 Å². The standard InChI is InChI=1S/C10H19NOS/c12-7-9-2-1-4-11(6-9)10-3-5-13-8-10/h9-10,12H,1-8H2/t9-,10-/m1/s1. The molecular formula is C10H19NOS. The van der Waals surface area contributed by atoms with Crippen LogP contribution in [0.3, 0.4) is 0 Å². The van der Waals surface area contributed by atoms with Gasteiger partial charge in [-0.15, -0.1) is 0 Å². The van der Waals surface area contributed by atoms with Crippen LogP contribution < -0.4 is 0 Å². The first-order valence-corrected chi connectivity index (χ1v) is 6.48. The van der Waals surface area contributed by atoms with Gasteiger partial charge in [0.15, 0.2) is 0 Å². The Morgan fingerprint density at radius 2 is 2.31 bits per heavy atom. The molecule has 3 heteroatoms. The summed E-state index contributed by atoms with van der Waals surface area (Å²) in [5.74, 6) is 3.21. The van der Waals surface area contributed by atoms with E-state index in [0.29, 0.717) is 12.5 Å². The highest BCUT2D eigenvalue weighted by molar-refractivity contribution is 7.99. The summed E-state index contributed by atoms with van der Waals surface area (Å²) in [6.07, 6.45) is 3.88. The van der Waals surface area contributed by atoms with Crippen LogP contribution in [0.2, 0.25) is 0 Å². The Kier molecular flexibility index (Phi) is 3.52. The largest absolute Gasteiger partial charge is 0.396 e. The number of thioether (sulfide) groups is 1. The number of aliphatic hydroxyl groups excluding tert-OH is 1. The fourth-order valence-electron chi connectivity index (χ4n) is 2.39. The van der Waals surface area contributed by atoms with E-state index in [-0.39, 0.29) is 0 Å². The average Bonchev–Trinajstić information content (AvgIpc) is 2.71. The Hall–Kier alpha value is 0.270. The Labute approximate surface area is 84.7 Å². The number of nitrogens with zero attached hydrogens (tertiary/aromatic N) is 1. The molecule has 0 bridgehead atoms. The molecule has 0 aliphatic carbocycles. The molecule has 0 aromatic heterocycles. The van der Waals surface area contributed by atoms with Crippen LogP contribution in [0.25, 0.3) is 0 Å². The summed E-state index contributed by atoms with van der Waals surface area (Å²) in [4.78, 5) is 2.60. The lowest BCUT2D eigenvalue weighted by Gasteiger charge is -2.35. The van der Waals surface area contributed by atoms with Crippen LogP contribution in [0, 0.1) is 5.92 Å². The Morgan fingerprint density at radius 1 is 1.38 bits per heavy atom. The van der Waals surface area contributed by atoms with E-state index >= 15 is 0 Å². The summed E-state index contributed by atoms with van der Waals surface area (Å²) in [5.41, 5.74) is 0. The lowest BCUT2D eigenvalue weighted by molar-refractivity contribution is 0.0958. The molecule has 0 amide bonds. The van der Waals surface area contributed by atoms with E-state index in [2.05, 4.69) is 16.7 Å². The normalized spacial score (nSPS) is 36.7. The maximum absolute atomic E-state index is 9.12. The molecule has 0 spiro atoms. The fourth-order valence-corrected chi connectivity index (χ4v) is 3.64. The Bertz CT molecular complexity index is 159. The molecule has 0 aromatic carbocycles. The van der Waals surface area contributed by atoms with E-state index in [0.717, 1.165) is 12.6 Å². The molecule has 0 radical (unpaired) electrons. The van der Waals surface area contributed by atoms with E-state index < -0.39 is 0 Å². The predicted octanol–water partition coefficient (Wildman–Crippen LogP) is 1.20. The number of aliphatic hydroxyl groups is 1. The minimum Gasteiger partial charge on any atom is -0.396 e. The second kappa shape index (κ2) is 4.67. The molecular weight excluding hydrogens is 182 g/mol. The highest BCUT2D eigenvalue weighted by atomic mass is 32.2. The Balaban J connectivity index is 1.84. The van der Waals surface area contributed by atoms with E-state index in [1.165, 1.54) is 37.3 Å². The zero-order valence-corrected chi connectivity index (χ0v) is 8.93. The van der Waals surface area contributed by atoms with Gasteiger partial charge in [-0.25, -0.2) is 0 Å². The highest BCUT2D eigenvalue weighted by Crippen LogP contribution is 2.26. The second-order valence-electron chi connectivity index (χ2n) is 4.20. The minimum absolute atomic E-state index is 0.385. The van der Waals surface area contributed by atoms with Crippen molar-refractivity contribution in [1.82, 2.24) is 4.90 Å². The average molecular weight is 201 g/mol.